The number of piperidine rings is 1. The quantitative estimate of drug-likeness (QED) is 0.131. The number of carbonyl (C=O) groups excluding carboxylic acids is 2. The van der Waals surface area contributed by atoms with Gasteiger partial charge in [0.05, 0.1) is 41.6 Å². The van der Waals surface area contributed by atoms with E-state index in [1.807, 2.05) is 58.9 Å². The van der Waals surface area contributed by atoms with Crippen LogP contribution < -0.4 is 10.2 Å². The molecule has 2 fully saturated rings. The molecule has 0 aliphatic carbocycles. The van der Waals surface area contributed by atoms with Crippen LogP contribution in [-0.2, 0) is 4.74 Å². The lowest BCUT2D eigenvalue weighted by atomic mass is 9.99. The Labute approximate surface area is 337 Å². The van der Waals surface area contributed by atoms with E-state index in [1.165, 1.54) is 12.3 Å². The number of ether oxygens (including phenoxy) is 1. The lowest BCUT2D eigenvalue weighted by Crippen LogP contribution is -2.50. The minimum Gasteiger partial charge on any atom is -0.478 e. The number of carboxylic acid groups (broad SMARTS) is 1. The van der Waals surface area contributed by atoms with Crippen LogP contribution in [0.2, 0.25) is 15.1 Å². The van der Waals surface area contributed by atoms with Crippen LogP contribution in [0.25, 0.3) is 33.4 Å². The number of fused-ring (bicyclic) bond motifs is 1. The average Bonchev–Trinajstić information content (AvgIpc) is 3.80. The number of amides is 2. The number of carboxylic acids is 1. The molecule has 3 aromatic carbocycles. The zero-order chi connectivity index (χ0) is 39.1. The predicted octanol–water partition coefficient (Wildman–Crippen LogP) is 9.42. The van der Waals surface area contributed by atoms with Crippen LogP contribution >= 0.6 is 34.8 Å². The van der Waals surface area contributed by atoms with Gasteiger partial charge in [0.2, 0.25) is 0 Å². The van der Waals surface area contributed by atoms with Crippen molar-refractivity contribution >= 4 is 75.2 Å². The van der Waals surface area contributed by atoms with Gasteiger partial charge in [-0.05, 0) is 62.1 Å². The van der Waals surface area contributed by atoms with E-state index in [9.17, 15) is 19.5 Å². The number of aromatic nitrogens is 4. The summed E-state index contributed by atoms with van der Waals surface area (Å²) in [7, 11) is 0. The zero-order valence-corrected chi connectivity index (χ0v) is 32.4. The summed E-state index contributed by atoms with van der Waals surface area (Å²) in [6.07, 6.45) is 4.80. The predicted molar refractivity (Wildman–Crippen MR) is 217 cm³/mol. The molecule has 3 aromatic heterocycles. The van der Waals surface area contributed by atoms with Crippen LogP contribution in [0.4, 0.5) is 16.3 Å². The number of pyridine rings is 1. The molecule has 2 aliphatic rings. The summed E-state index contributed by atoms with van der Waals surface area (Å²) in [5, 5.41) is 15.1. The van der Waals surface area contributed by atoms with Crippen LogP contribution in [0.1, 0.15) is 58.6 Å². The fourth-order valence-corrected chi connectivity index (χ4v) is 8.42. The first-order valence-corrected chi connectivity index (χ1v) is 19.3. The lowest BCUT2D eigenvalue weighted by Gasteiger charge is -2.40. The van der Waals surface area contributed by atoms with Crippen molar-refractivity contribution in [2.24, 2.45) is 0 Å². The number of hydrogen-bond acceptors (Lipinski definition) is 7. The van der Waals surface area contributed by atoms with Crippen LogP contribution in [0, 0.1) is 0 Å². The van der Waals surface area contributed by atoms with Gasteiger partial charge in [-0.15, -0.1) is 0 Å². The molecule has 0 unspecified atom stereocenters. The molecule has 15 heteroatoms. The Bertz CT molecular complexity index is 2480. The molecule has 12 nitrogen and oxygen atoms in total. The second-order valence-corrected chi connectivity index (χ2v) is 15.1. The first kappa shape index (κ1) is 37.4. The Balaban J connectivity index is 1.22. The van der Waals surface area contributed by atoms with Gasteiger partial charge in [-0.25, -0.2) is 19.6 Å². The van der Waals surface area contributed by atoms with Gasteiger partial charge in [0.25, 0.3) is 5.91 Å². The number of halogens is 3. The third-order valence-electron chi connectivity index (χ3n) is 10.5. The van der Waals surface area contributed by atoms with E-state index in [0.717, 1.165) is 17.5 Å². The standard InChI is InChI=1S/C41H36Cl3N7O5/c1-23(29-10-8-26(42)19-31(29)44)51-22-46-35(24-6-3-2-4-7-24)37(51)34-30-11-9-27(43)20-32(30)47-36(34)39(52)48-33-18-25(40(53)54)21-45-38(33)49-15-12-28(13-16-49)50-14-5-17-56-41(50)55/h2-4,6-11,18-23,28,47H,5,12-17H2,1H3,(H,48,52)(H,53,54)/t23-/m0/s1. The Kier molecular flexibility index (Phi) is 10.4. The van der Waals surface area contributed by atoms with Crippen LogP contribution in [0.3, 0.4) is 0 Å². The largest absolute Gasteiger partial charge is 0.478 e. The first-order chi connectivity index (χ1) is 27.1. The van der Waals surface area contributed by atoms with E-state index in [1.54, 1.807) is 35.5 Å². The normalized spacial score (nSPS) is 15.5. The molecule has 3 N–H and O–H groups in total. The molecule has 0 saturated carbocycles. The van der Waals surface area contributed by atoms with Crippen molar-refractivity contribution in [2.75, 3.05) is 36.5 Å². The molecule has 56 heavy (non-hydrogen) atoms. The van der Waals surface area contributed by atoms with E-state index in [-0.39, 0.29) is 35.1 Å². The summed E-state index contributed by atoms with van der Waals surface area (Å²) >= 11 is 19.5. The third-order valence-corrected chi connectivity index (χ3v) is 11.3. The smallest absolute Gasteiger partial charge is 0.410 e. The number of hydrogen-bond donors (Lipinski definition) is 3. The molecule has 0 spiro atoms. The molecular formula is C41H36Cl3N7O5. The van der Waals surface area contributed by atoms with Crippen molar-refractivity contribution in [2.45, 2.75) is 38.3 Å². The number of imidazole rings is 1. The maximum Gasteiger partial charge on any atom is 0.410 e. The number of carbonyl (C=O) groups is 3. The van der Waals surface area contributed by atoms with Crippen molar-refractivity contribution in [3.05, 3.63) is 117 Å². The molecule has 2 aliphatic heterocycles. The van der Waals surface area contributed by atoms with Gasteiger partial charge in [-0.3, -0.25) is 4.79 Å². The summed E-state index contributed by atoms with van der Waals surface area (Å²) in [6, 6.07) is 21.4. The van der Waals surface area contributed by atoms with E-state index in [0.29, 0.717) is 87.8 Å². The number of nitrogens with zero attached hydrogens (tertiary/aromatic N) is 5. The van der Waals surface area contributed by atoms with Crippen molar-refractivity contribution in [1.82, 2.24) is 24.4 Å². The number of H-pyrrole nitrogens is 1. The Morgan fingerprint density at radius 3 is 2.45 bits per heavy atom. The van der Waals surface area contributed by atoms with Crippen LogP contribution in [-0.4, -0.2) is 79.8 Å². The van der Waals surface area contributed by atoms with Crippen molar-refractivity contribution < 1.29 is 24.2 Å². The lowest BCUT2D eigenvalue weighted by molar-refractivity contribution is 0.0498. The van der Waals surface area contributed by atoms with Gasteiger partial charge < -0.3 is 34.5 Å². The third kappa shape index (κ3) is 7.15. The van der Waals surface area contributed by atoms with Gasteiger partial charge in [-0.2, -0.15) is 0 Å². The average molecular weight is 813 g/mol. The molecule has 2 saturated heterocycles. The van der Waals surface area contributed by atoms with Crippen LogP contribution in [0.5, 0.6) is 0 Å². The van der Waals surface area contributed by atoms with E-state index < -0.39 is 11.9 Å². The highest BCUT2D eigenvalue weighted by molar-refractivity contribution is 6.35. The number of cyclic esters (lactones) is 1. The number of aromatic amines is 1. The van der Waals surface area contributed by atoms with E-state index in [4.69, 9.17) is 44.5 Å². The summed E-state index contributed by atoms with van der Waals surface area (Å²) in [5.74, 6) is -1.30. The highest BCUT2D eigenvalue weighted by Gasteiger charge is 2.33. The molecule has 2 amide bonds. The Hall–Kier alpha value is -5.56. The molecular weight excluding hydrogens is 777 g/mol. The van der Waals surface area contributed by atoms with E-state index in [2.05, 4.69) is 15.3 Å². The second kappa shape index (κ2) is 15.5. The fraction of sp³-hybridized carbons (Fsp3) is 0.244. The summed E-state index contributed by atoms with van der Waals surface area (Å²) < 4.78 is 7.25. The SMILES string of the molecule is C[C@@H](c1ccc(Cl)cc1Cl)n1cnc(-c2ccccc2)c1-c1c(C(=O)Nc2cc(C(=O)O)cnc2N2CCC(N3CCCOC3=O)CC2)[nH]c2cc(Cl)ccc12. The number of nitrogens with one attached hydrogen (secondary N) is 2. The summed E-state index contributed by atoms with van der Waals surface area (Å²) in [4.78, 5) is 56.0. The topological polar surface area (TPSA) is 146 Å². The van der Waals surface area contributed by atoms with Gasteiger partial charge in [0, 0.05) is 69.0 Å². The van der Waals surface area contributed by atoms with Crippen molar-refractivity contribution in [3.63, 3.8) is 0 Å². The van der Waals surface area contributed by atoms with Crippen molar-refractivity contribution in [3.8, 4) is 22.5 Å². The second-order valence-electron chi connectivity index (χ2n) is 13.9. The molecule has 286 valence electrons. The Morgan fingerprint density at radius 2 is 1.71 bits per heavy atom. The minimum absolute atomic E-state index is 0.00456. The molecule has 6 aromatic rings. The number of benzene rings is 3. The van der Waals surface area contributed by atoms with Gasteiger partial charge >= 0.3 is 12.1 Å². The molecule has 1 atom stereocenters. The van der Waals surface area contributed by atoms with Gasteiger partial charge in [0.15, 0.2) is 5.82 Å². The monoisotopic (exact) mass is 811 g/mol. The number of anilines is 2. The molecule has 8 rings (SSSR count). The van der Waals surface area contributed by atoms with Crippen molar-refractivity contribution in [1.29, 1.82) is 0 Å². The maximum atomic E-state index is 14.8. The van der Waals surface area contributed by atoms with Gasteiger partial charge in [0.1, 0.15) is 5.69 Å². The van der Waals surface area contributed by atoms with Gasteiger partial charge in [-0.1, -0.05) is 77.3 Å². The molecule has 0 bridgehead atoms. The molecule has 0 radical (unpaired) electrons. The van der Waals surface area contributed by atoms with Crippen LogP contribution in [0.15, 0.2) is 85.3 Å². The summed E-state index contributed by atoms with van der Waals surface area (Å²) in [5.41, 5.74) is 4.40. The first-order valence-electron chi connectivity index (χ1n) is 18.2. The minimum atomic E-state index is -1.19. The Morgan fingerprint density at radius 1 is 0.964 bits per heavy atom. The summed E-state index contributed by atoms with van der Waals surface area (Å²) in [6.45, 7) is 4.11. The fourth-order valence-electron chi connectivity index (χ4n) is 7.68. The zero-order valence-electron chi connectivity index (χ0n) is 30.1. The molecule has 5 heterocycles. The highest BCUT2D eigenvalue weighted by Crippen LogP contribution is 2.42. The number of rotatable bonds is 9. The maximum absolute atomic E-state index is 14.8. The number of aromatic carboxylic acids is 1. The van der Waals surface area contributed by atoms with E-state index >= 15 is 0 Å². The highest BCUT2D eigenvalue weighted by atomic mass is 35.5.